The van der Waals surface area contributed by atoms with Crippen LogP contribution in [0, 0.1) is 0 Å². The third kappa shape index (κ3) is 8.20. The van der Waals surface area contributed by atoms with Crippen molar-refractivity contribution in [1.29, 1.82) is 0 Å². The van der Waals surface area contributed by atoms with Crippen molar-refractivity contribution in [2.75, 3.05) is 13.7 Å². The number of carboxylic acid groups (broad SMARTS) is 2. The predicted molar refractivity (Wildman–Crippen MR) is 140 cm³/mol. The number of carboxylic acids is 2. The number of hydrogen-bond donors (Lipinski definition) is 2. The molecule has 7 heteroatoms. The second kappa shape index (κ2) is 13.8. The second-order valence-corrected chi connectivity index (χ2v) is 8.76. The zero-order valence-electron chi connectivity index (χ0n) is 20.9. The summed E-state index contributed by atoms with van der Waals surface area (Å²) in [6.45, 7) is 0.489. The number of aryl methyl sites for hydroxylation is 2. The molecule has 0 saturated carbocycles. The number of ketones is 1. The van der Waals surface area contributed by atoms with Crippen LogP contribution < -0.4 is 9.47 Å². The Morgan fingerprint density at radius 1 is 0.703 bits per heavy atom. The van der Waals surface area contributed by atoms with Gasteiger partial charge in [-0.1, -0.05) is 43.2 Å². The molecule has 0 bridgehead atoms. The molecule has 37 heavy (non-hydrogen) atoms. The lowest BCUT2D eigenvalue weighted by atomic mass is 9.98. The van der Waals surface area contributed by atoms with Crippen molar-refractivity contribution in [2.24, 2.45) is 0 Å². The van der Waals surface area contributed by atoms with Crippen molar-refractivity contribution in [3.8, 4) is 11.5 Å². The van der Waals surface area contributed by atoms with Gasteiger partial charge in [0.05, 0.1) is 19.3 Å². The predicted octanol–water partition coefficient (Wildman–Crippen LogP) is 5.82. The zero-order chi connectivity index (χ0) is 26.6. The van der Waals surface area contributed by atoms with Crippen LogP contribution in [0.1, 0.15) is 69.5 Å². The van der Waals surface area contributed by atoms with Crippen molar-refractivity contribution in [3.63, 3.8) is 0 Å². The van der Waals surface area contributed by atoms with Crippen LogP contribution in [-0.2, 0) is 17.6 Å². The van der Waals surface area contributed by atoms with Gasteiger partial charge in [0.15, 0.2) is 5.78 Å². The molecule has 3 aromatic rings. The van der Waals surface area contributed by atoms with Crippen molar-refractivity contribution in [1.82, 2.24) is 0 Å². The average molecular weight is 505 g/mol. The van der Waals surface area contributed by atoms with Gasteiger partial charge in [-0.05, 0) is 73.2 Å². The Balaban J connectivity index is 1.57. The number of ether oxygens (including phenoxy) is 2. The summed E-state index contributed by atoms with van der Waals surface area (Å²) in [5.74, 6) is -0.907. The van der Waals surface area contributed by atoms with E-state index in [0.717, 1.165) is 37.9 Å². The lowest BCUT2D eigenvalue weighted by molar-refractivity contribution is -0.136. The molecule has 194 valence electrons. The maximum atomic E-state index is 13.0. The van der Waals surface area contributed by atoms with Gasteiger partial charge in [-0.3, -0.25) is 9.59 Å². The van der Waals surface area contributed by atoms with Crippen molar-refractivity contribution < 1.29 is 34.1 Å². The summed E-state index contributed by atoms with van der Waals surface area (Å²) in [4.78, 5) is 35.4. The van der Waals surface area contributed by atoms with Crippen LogP contribution in [0.15, 0.2) is 66.7 Å². The minimum Gasteiger partial charge on any atom is -0.496 e. The number of unbranched alkanes of at least 4 members (excludes halogenated alkanes) is 3. The lowest BCUT2D eigenvalue weighted by Crippen LogP contribution is -2.07. The van der Waals surface area contributed by atoms with Gasteiger partial charge >= 0.3 is 11.9 Å². The zero-order valence-corrected chi connectivity index (χ0v) is 20.9. The molecule has 7 nitrogen and oxygen atoms in total. The molecule has 0 aliphatic heterocycles. The summed E-state index contributed by atoms with van der Waals surface area (Å²) in [7, 11) is 1.68. The van der Waals surface area contributed by atoms with Crippen molar-refractivity contribution >= 4 is 17.7 Å². The first kappa shape index (κ1) is 27.5. The average Bonchev–Trinajstić information content (AvgIpc) is 2.91. The van der Waals surface area contributed by atoms with E-state index in [9.17, 15) is 19.5 Å². The minimum absolute atomic E-state index is 0.0276. The van der Waals surface area contributed by atoms with Gasteiger partial charge in [0, 0.05) is 17.5 Å². The fraction of sp³-hybridized carbons (Fsp3) is 0.300. The van der Waals surface area contributed by atoms with Crippen LogP contribution in [0.4, 0.5) is 0 Å². The number of methoxy groups -OCH3 is 1. The van der Waals surface area contributed by atoms with Crippen molar-refractivity contribution in [2.45, 2.75) is 44.9 Å². The molecule has 3 rings (SSSR count). The van der Waals surface area contributed by atoms with E-state index in [4.69, 9.17) is 14.6 Å². The Kier molecular flexibility index (Phi) is 10.3. The lowest BCUT2D eigenvalue weighted by Gasteiger charge is -2.13. The van der Waals surface area contributed by atoms with E-state index in [0.29, 0.717) is 23.5 Å². The normalized spacial score (nSPS) is 10.6. The number of benzene rings is 3. The Labute approximate surface area is 216 Å². The van der Waals surface area contributed by atoms with E-state index in [1.807, 2.05) is 18.2 Å². The van der Waals surface area contributed by atoms with Crippen LogP contribution in [0.2, 0.25) is 0 Å². The summed E-state index contributed by atoms with van der Waals surface area (Å²) in [5.41, 5.74) is 2.48. The first-order valence-corrected chi connectivity index (χ1v) is 12.4. The van der Waals surface area contributed by atoms with Gasteiger partial charge in [0.1, 0.15) is 11.5 Å². The largest absolute Gasteiger partial charge is 0.496 e. The number of para-hydroxylation sites is 1. The molecule has 0 radical (unpaired) electrons. The molecule has 2 N–H and O–H groups in total. The van der Waals surface area contributed by atoms with Crippen LogP contribution >= 0.6 is 0 Å². The molecule has 0 aliphatic carbocycles. The highest BCUT2D eigenvalue weighted by atomic mass is 16.5. The van der Waals surface area contributed by atoms with E-state index in [-0.39, 0.29) is 29.8 Å². The summed E-state index contributed by atoms with van der Waals surface area (Å²) in [6.07, 6.45) is 5.03. The molecule has 0 unspecified atom stereocenters. The van der Waals surface area contributed by atoms with Crippen LogP contribution in [0.3, 0.4) is 0 Å². The topological polar surface area (TPSA) is 110 Å². The maximum absolute atomic E-state index is 13.0. The van der Waals surface area contributed by atoms with Gasteiger partial charge < -0.3 is 19.7 Å². The van der Waals surface area contributed by atoms with E-state index >= 15 is 0 Å². The number of aliphatic carboxylic acids is 1. The SMILES string of the molecule is COc1ccccc1CCCCCCOc1ccc(C(=O)c2cccc(C(=O)O)c2)cc1CCC(=O)O. The standard InChI is InChI=1S/C30H32O7/c1-36-26-13-6-5-10-21(26)9-4-2-3-7-18-37-27-16-14-24(19-22(27)15-17-28(31)32)29(33)23-11-8-12-25(20-23)30(34)35/h5-6,8,10-14,16,19-20H,2-4,7,9,15,17-18H2,1H3,(H,31,32)(H,34,35). The van der Waals surface area contributed by atoms with Gasteiger partial charge in [0.25, 0.3) is 0 Å². The first-order valence-electron chi connectivity index (χ1n) is 12.4. The molecular weight excluding hydrogens is 472 g/mol. The Hall–Kier alpha value is -4.13. The van der Waals surface area contributed by atoms with Crippen molar-refractivity contribution in [3.05, 3.63) is 94.5 Å². The molecule has 0 atom stereocenters. The Bertz CT molecular complexity index is 1230. The molecule has 3 aromatic carbocycles. The molecule has 0 fully saturated rings. The highest BCUT2D eigenvalue weighted by Gasteiger charge is 2.15. The number of aromatic carboxylic acids is 1. The molecular formula is C30H32O7. The minimum atomic E-state index is -1.11. The number of carbonyl (C=O) groups excluding carboxylic acids is 1. The van der Waals surface area contributed by atoms with Gasteiger partial charge in [-0.2, -0.15) is 0 Å². The number of hydrogen-bond acceptors (Lipinski definition) is 5. The van der Waals surface area contributed by atoms with E-state index in [2.05, 4.69) is 6.07 Å². The maximum Gasteiger partial charge on any atom is 0.335 e. The van der Waals surface area contributed by atoms with E-state index in [1.165, 1.54) is 23.8 Å². The Morgan fingerprint density at radius 3 is 2.19 bits per heavy atom. The molecule has 0 spiro atoms. The molecule has 0 aliphatic rings. The molecule has 0 saturated heterocycles. The second-order valence-electron chi connectivity index (χ2n) is 8.76. The monoisotopic (exact) mass is 504 g/mol. The molecule has 0 aromatic heterocycles. The summed E-state index contributed by atoms with van der Waals surface area (Å²) >= 11 is 0. The van der Waals surface area contributed by atoms with Gasteiger partial charge in [0.2, 0.25) is 0 Å². The highest BCUT2D eigenvalue weighted by Crippen LogP contribution is 2.25. The highest BCUT2D eigenvalue weighted by molar-refractivity contribution is 6.10. The molecule has 0 heterocycles. The van der Waals surface area contributed by atoms with Crippen LogP contribution in [0.5, 0.6) is 11.5 Å². The quantitative estimate of drug-likeness (QED) is 0.198. The van der Waals surface area contributed by atoms with Crippen LogP contribution in [-0.4, -0.2) is 41.7 Å². The molecule has 0 amide bonds. The van der Waals surface area contributed by atoms with E-state index in [1.54, 1.807) is 31.4 Å². The fourth-order valence-electron chi connectivity index (χ4n) is 4.12. The first-order chi connectivity index (χ1) is 17.9. The number of rotatable bonds is 15. The fourth-order valence-corrected chi connectivity index (χ4v) is 4.12. The summed E-state index contributed by atoms with van der Waals surface area (Å²) in [6, 6.07) is 18.8. The van der Waals surface area contributed by atoms with Gasteiger partial charge in [-0.25, -0.2) is 4.79 Å². The third-order valence-corrected chi connectivity index (χ3v) is 6.09. The Morgan fingerprint density at radius 2 is 1.43 bits per heavy atom. The summed E-state index contributed by atoms with van der Waals surface area (Å²) < 4.78 is 11.4. The van der Waals surface area contributed by atoms with Crippen LogP contribution in [0.25, 0.3) is 0 Å². The summed E-state index contributed by atoms with van der Waals surface area (Å²) in [5, 5.41) is 18.3. The third-order valence-electron chi connectivity index (χ3n) is 6.09. The number of carbonyl (C=O) groups is 3. The smallest absolute Gasteiger partial charge is 0.335 e. The van der Waals surface area contributed by atoms with E-state index < -0.39 is 11.9 Å². The van der Waals surface area contributed by atoms with Gasteiger partial charge in [-0.15, -0.1) is 0 Å².